The van der Waals surface area contributed by atoms with E-state index >= 15 is 0 Å². The van der Waals surface area contributed by atoms with Gasteiger partial charge in [-0.2, -0.15) is 0 Å². The Morgan fingerprint density at radius 3 is 2.71 bits per heavy atom. The Morgan fingerprint density at radius 2 is 2.00 bits per heavy atom. The zero-order valence-electron chi connectivity index (χ0n) is 12.9. The first-order chi connectivity index (χ1) is 11.5. The molecule has 2 aliphatic heterocycles. The maximum absolute atomic E-state index is 12.3. The Kier molecular flexibility index (Phi) is 5.83. The molecule has 9 heteroatoms. The van der Waals surface area contributed by atoms with Crippen LogP contribution >= 0.6 is 23.4 Å². The smallest absolute Gasteiger partial charge is 0.263 e. The third kappa shape index (κ3) is 4.73. The molecule has 0 saturated carbocycles. The summed E-state index contributed by atoms with van der Waals surface area (Å²) in [5.41, 5.74) is 0. The second kappa shape index (κ2) is 7.88. The van der Waals surface area contributed by atoms with Gasteiger partial charge in [0.1, 0.15) is 0 Å². The number of nitrogens with one attached hydrogen (secondary N) is 1. The number of halogens is 1. The van der Waals surface area contributed by atoms with Gasteiger partial charge in [0.25, 0.3) is 10.0 Å². The number of benzene rings is 1. The zero-order valence-corrected chi connectivity index (χ0v) is 15.3. The first-order valence-electron chi connectivity index (χ1n) is 7.53. The van der Waals surface area contributed by atoms with Crippen molar-refractivity contribution < 1.29 is 13.2 Å². The van der Waals surface area contributed by atoms with Crippen molar-refractivity contribution in [3.8, 4) is 0 Å². The number of nitrogens with zero attached hydrogens (tertiary/aromatic N) is 2. The van der Waals surface area contributed by atoms with E-state index in [2.05, 4.69) is 20.7 Å². The van der Waals surface area contributed by atoms with E-state index in [9.17, 15) is 8.42 Å². The van der Waals surface area contributed by atoms with Crippen LogP contribution in [0.5, 0.6) is 0 Å². The fourth-order valence-corrected chi connectivity index (χ4v) is 4.49. The Bertz CT molecular complexity index is 742. The molecule has 3 rings (SSSR count). The van der Waals surface area contributed by atoms with Gasteiger partial charge in [-0.25, -0.2) is 8.42 Å². The molecule has 1 N–H and O–H groups in total. The van der Waals surface area contributed by atoms with Crippen LogP contribution in [0.2, 0.25) is 5.02 Å². The molecule has 0 radical (unpaired) electrons. The van der Waals surface area contributed by atoms with Crippen LogP contribution < -0.4 is 4.72 Å². The van der Waals surface area contributed by atoms with Crippen molar-refractivity contribution in [1.82, 2.24) is 9.62 Å². The average Bonchev–Trinajstić information content (AvgIpc) is 3.01. The lowest BCUT2D eigenvalue weighted by Crippen LogP contribution is -2.36. The number of amidine groups is 1. The molecule has 0 spiro atoms. The van der Waals surface area contributed by atoms with Gasteiger partial charge in [0.05, 0.1) is 24.7 Å². The third-order valence-corrected chi connectivity index (χ3v) is 6.35. The van der Waals surface area contributed by atoms with Crippen molar-refractivity contribution in [1.29, 1.82) is 0 Å². The third-order valence-electron chi connectivity index (χ3n) is 3.63. The SMILES string of the molecule is O=S(=O)(NC1=NCC(=CCN2CCOCC2)S1)c1ccc(Cl)cc1. The standard InChI is InChI=1S/C15H18ClN3O3S2/c16-12-1-3-14(4-2-12)24(20,21)18-15-17-11-13(23-15)5-6-19-7-9-22-10-8-19/h1-5H,6-11H2,(H,17,18). The summed E-state index contributed by atoms with van der Waals surface area (Å²) in [5.74, 6) is 0. The molecule has 1 aromatic rings. The molecular formula is C15H18ClN3O3S2. The van der Waals surface area contributed by atoms with E-state index in [1.165, 1.54) is 23.9 Å². The van der Waals surface area contributed by atoms with E-state index in [1.54, 1.807) is 12.1 Å². The van der Waals surface area contributed by atoms with Crippen molar-refractivity contribution in [2.45, 2.75) is 4.90 Å². The highest BCUT2D eigenvalue weighted by Crippen LogP contribution is 2.25. The lowest BCUT2D eigenvalue weighted by Gasteiger charge is -2.25. The predicted molar refractivity (Wildman–Crippen MR) is 97.0 cm³/mol. The second-order valence-electron chi connectivity index (χ2n) is 5.37. The summed E-state index contributed by atoms with van der Waals surface area (Å²) in [6.45, 7) is 4.71. The lowest BCUT2D eigenvalue weighted by atomic mass is 10.4. The quantitative estimate of drug-likeness (QED) is 0.854. The second-order valence-corrected chi connectivity index (χ2v) is 8.60. The maximum Gasteiger partial charge on any atom is 0.263 e. The number of rotatable bonds is 4. The number of sulfonamides is 1. The van der Waals surface area contributed by atoms with Gasteiger partial charge in [-0.1, -0.05) is 29.4 Å². The molecule has 130 valence electrons. The number of hydrogen-bond donors (Lipinski definition) is 1. The lowest BCUT2D eigenvalue weighted by molar-refractivity contribution is 0.0434. The number of aliphatic imine (C=N–C) groups is 1. The zero-order chi connectivity index (χ0) is 17.0. The van der Waals surface area contributed by atoms with Gasteiger partial charge in [-0.15, -0.1) is 0 Å². The van der Waals surface area contributed by atoms with Crippen molar-refractivity contribution in [2.24, 2.45) is 4.99 Å². The largest absolute Gasteiger partial charge is 0.379 e. The van der Waals surface area contributed by atoms with Gasteiger partial charge < -0.3 is 4.74 Å². The molecule has 1 aromatic carbocycles. The molecule has 2 aliphatic rings. The van der Waals surface area contributed by atoms with Gasteiger partial charge in [0, 0.05) is 29.6 Å². The van der Waals surface area contributed by atoms with Gasteiger partial charge >= 0.3 is 0 Å². The minimum absolute atomic E-state index is 0.168. The van der Waals surface area contributed by atoms with Crippen LogP contribution in [0.4, 0.5) is 0 Å². The summed E-state index contributed by atoms with van der Waals surface area (Å²) in [5, 5.41) is 0.896. The number of morpholine rings is 1. The predicted octanol–water partition coefficient (Wildman–Crippen LogP) is 1.94. The first-order valence-corrected chi connectivity index (χ1v) is 10.2. The molecule has 0 unspecified atom stereocenters. The minimum Gasteiger partial charge on any atom is -0.379 e. The molecule has 2 heterocycles. The minimum atomic E-state index is -3.63. The highest BCUT2D eigenvalue weighted by molar-refractivity contribution is 8.18. The summed E-state index contributed by atoms with van der Waals surface area (Å²) >= 11 is 7.15. The molecule has 1 saturated heterocycles. The number of ether oxygens (including phenoxy) is 1. The molecular weight excluding hydrogens is 370 g/mol. The molecule has 6 nitrogen and oxygen atoms in total. The van der Waals surface area contributed by atoms with Gasteiger partial charge in [-0.05, 0) is 24.3 Å². The highest BCUT2D eigenvalue weighted by Gasteiger charge is 2.21. The van der Waals surface area contributed by atoms with Gasteiger partial charge in [0.15, 0.2) is 5.17 Å². The van der Waals surface area contributed by atoms with Crippen LogP contribution in [0, 0.1) is 0 Å². The van der Waals surface area contributed by atoms with E-state index in [0.717, 1.165) is 37.8 Å². The highest BCUT2D eigenvalue weighted by atomic mass is 35.5. The molecule has 0 aromatic heterocycles. The van der Waals surface area contributed by atoms with Crippen LogP contribution in [-0.4, -0.2) is 57.9 Å². The molecule has 0 atom stereocenters. The number of hydrogen-bond acceptors (Lipinski definition) is 6. The Labute approximate surface area is 151 Å². The topological polar surface area (TPSA) is 71.0 Å². The Hall–Kier alpha value is -1.06. The van der Waals surface area contributed by atoms with E-state index in [-0.39, 0.29) is 4.90 Å². The fourth-order valence-electron chi connectivity index (χ4n) is 2.30. The van der Waals surface area contributed by atoms with E-state index in [0.29, 0.717) is 16.7 Å². The van der Waals surface area contributed by atoms with E-state index in [4.69, 9.17) is 16.3 Å². The van der Waals surface area contributed by atoms with Gasteiger partial charge in [-0.3, -0.25) is 14.6 Å². The maximum atomic E-state index is 12.3. The summed E-state index contributed by atoms with van der Waals surface area (Å²) < 4.78 is 32.5. The Balaban J connectivity index is 1.56. The van der Waals surface area contributed by atoms with Crippen molar-refractivity contribution in [3.05, 3.63) is 40.3 Å². The average molecular weight is 388 g/mol. The Morgan fingerprint density at radius 1 is 1.29 bits per heavy atom. The molecule has 1 fully saturated rings. The van der Waals surface area contributed by atoms with E-state index in [1.807, 2.05) is 0 Å². The molecule has 0 aliphatic carbocycles. The summed E-state index contributed by atoms with van der Waals surface area (Å²) in [6.07, 6.45) is 2.10. The van der Waals surface area contributed by atoms with Crippen molar-refractivity contribution >= 4 is 38.6 Å². The summed E-state index contributed by atoms with van der Waals surface area (Å²) in [7, 11) is -3.63. The van der Waals surface area contributed by atoms with Gasteiger partial charge in [0.2, 0.25) is 0 Å². The molecule has 0 amide bonds. The van der Waals surface area contributed by atoms with E-state index < -0.39 is 10.0 Å². The van der Waals surface area contributed by atoms with Crippen LogP contribution in [0.15, 0.2) is 45.1 Å². The number of thioether (sulfide) groups is 1. The van der Waals surface area contributed by atoms with Crippen molar-refractivity contribution in [3.63, 3.8) is 0 Å². The summed E-state index contributed by atoms with van der Waals surface area (Å²) in [4.78, 5) is 7.78. The monoisotopic (exact) mass is 387 g/mol. The van der Waals surface area contributed by atoms with Crippen LogP contribution in [-0.2, 0) is 14.8 Å². The molecule has 0 bridgehead atoms. The van der Waals surface area contributed by atoms with Crippen LogP contribution in [0.1, 0.15) is 0 Å². The fraction of sp³-hybridized carbons (Fsp3) is 0.400. The van der Waals surface area contributed by atoms with Crippen LogP contribution in [0.25, 0.3) is 0 Å². The summed E-state index contributed by atoms with van der Waals surface area (Å²) in [6, 6.07) is 6.04. The van der Waals surface area contributed by atoms with Crippen molar-refractivity contribution in [2.75, 3.05) is 39.4 Å². The normalized spacial score (nSPS) is 21.0. The van der Waals surface area contributed by atoms with Crippen LogP contribution in [0.3, 0.4) is 0 Å². The first kappa shape index (κ1) is 17.8. The molecule has 24 heavy (non-hydrogen) atoms.